The van der Waals surface area contributed by atoms with Gasteiger partial charge in [0.05, 0.1) is 19.8 Å². The third kappa shape index (κ3) is 16.2. The van der Waals surface area contributed by atoms with E-state index in [4.69, 9.17) is 24.1 Å². The highest BCUT2D eigenvalue weighted by Crippen LogP contribution is 2.29. The molecule has 2 aromatic rings. The summed E-state index contributed by atoms with van der Waals surface area (Å²) >= 11 is 0. The maximum atomic E-state index is 12.7. The van der Waals surface area contributed by atoms with Gasteiger partial charge in [-0.15, -0.1) is 0 Å². The number of likely N-dealkylation sites (tertiary alicyclic amines) is 1. The SMILES string of the molecule is CCN1CCCC1CNC(=O)c1ccc(OC)c(OC/C=C(\C)CCC=C(C)C)c1.COc1ccc(C(=O)O)cc1OC/C=C(\C)CCC=C(C)C. The van der Waals surface area contributed by atoms with E-state index >= 15 is 0 Å². The van der Waals surface area contributed by atoms with Crippen LogP contribution in [0.4, 0.5) is 0 Å². The maximum Gasteiger partial charge on any atom is 0.335 e. The van der Waals surface area contributed by atoms with Crippen LogP contribution in [0.2, 0.25) is 0 Å². The molecule has 1 heterocycles. The average Bonchev–Trinajstić information content (AvgIpc) is 3.58. The van der Waals surface area contributed by atoms with E-state index in [9.17, 15) is 9.59 Å². The lowest BCUT2D eigenvalue weighted by Crippen LogP contribution is -2.40. The van der Waals surface area contributed by atoms with Crippen molar-refractivity contribution in [3.63, 3.8) is 0 Å². The van der Waals surface area contributed by atoms with Crippen LogP contribution in [0.3, 0.4) is 0 Å². The molecule has 2 N–H and O–H groups in total. The number of carbonyl (C=O) groups is 2. The highest BCUT2D eigenvalue weighted by molar-refractivity contribution is 5.95. The largest absolute Gasteiger partial charge is 0.493 e. The summed E-state index contributed by atoms with van der Waals surface area (Å²) in [5.74, 6) is 1.14. The molecule has 0 aliphatic carbocycles. The van der Waals surface area contributed by atoms with Crippen LogP contribution in [0, 0.1) is 0 Å². The van der Waals surface area contributed by atoms with Crippen molar-refractivity contribution in [3.8, 4) is 23.0 Å². The number of aromatic carboxylic acids is 1. The van der Waals surface area contributed by atoms with Gasteiger partial charge in [-0.1, -0.05) is 41.4 Å². The number of likely N-dealkylation sites (N-methyl/N-ethyl adjacent to an activating group) is 1. The van der Waals surface area contributed by atoms with Gasteiger partial charge in [-0.05, 0) is 142 Å². The Morgan fingerprint density at radius 3 is 1.73 bits per heavy atom. The summed E-state index contributed by atoms with van der Waals surface area (Å²) in [6, 6.07) is 10.4. The predicted octanol–water partition coefficient (Wildman–Crippen LogP) is 9.45. The molecule has 1 fully saturated rings. The van der Waals surface area contributed by atoms with E-state index in [0.29, 0.717) is 54.4 Å². The molecule has 52 heavy (non-hydrogen) atoms. The molecule has 286 valence electrons. The Hall–Kier alpha value is -4.50. The second-order valence-electron chi connectivity index (χ2n) is 13.5. The van der Waals surface area contributed by atoms with Crippen LogP contribution in [0.5, 0.6) is 23.0 Å². The molecule has 0 radical (unpaired) electrons. The van der Waals surface area contributed by atoms with Crippen LogP contribution in [-0.4, -0.2) is 75.0 Å². The van der Waals surface area contributed by atoms with Crippen LogP contribution in [0.15, 0.2) is 83.0 Å². The Kier molecular flexibility index (Phi) is 20.0. The summed E-state index contributed by atoms with van der Waals surface area (Å²) in [6.45, 7) is 18.4. The Balaban J connectivity index is 0.000000378. The van der Waals surface area contributed by atoms with Gasteiger partial charge >= 0.3 is 5.97 Å². The Bertz CT molecular complexity index is 1550. The molecule has 1 unspecified atom stereocenters. The van der Waals surface area contributed by atoms with E-state index in [1.165, 1.54) is 48.0 Å². The lowest BCUT2D eigenvalue weighted by molar-refractivity contribution is 0.0696. The van der Waals surface area contributed by atoms with E-state index in [1.807, 2.05) is 6.08 Å². The van der Waals surface area contributed by atoms with E-state index in [1.54, 1.807) is 31.4 Å². The monoisotopic (exact) mass is 718 g/mol. The van der Waals surface area contributed by atoms with Gasteiger partial charge in [0.2, 0.25) is 0 Å². The predicted molar refractivity (Wildman–Crippen MR) is 211 cm³/mol. The number of benzene rings is 2. The van der Waals surface area contributed by atoms with Crippen LogP contribution >= 0.6 is 0 Å². The lowest BCUT2D eigenvalue weighted by atomic mass is 10.1. The van der Waals surface area contributed by atoms with Crippen molar-refractivity contribution in [2.45, 2.75) is 93.0 Å². The number of nitrogens with one attached hydrogen (secondary N) is 1. The van der Waals surface area contributed by atoms with E-state index in [-0.39, 0.29) is 11.5 Å². The van der Waals surface area contributed by atoms with E-state index in [0.717, 1.165) is 45.2 Å². The molecular weight excluding hydrogens is 656 g/mol. The van der Waals surface area contributed by atoms with Gasteiger partial charge < -0.3 is 29.4 Å². The molecule has 3 rings (SSSR count). The number of carboxylic acid groups (broad SMARTS) is 1. The fourth-order valence-electron chi connectivity index (χ4n) is 5.64. The van der Waals surface area contributed by atoms with Gasteiger partial charge in [-0.3, -0.25) is 9.69 Å². The molecule has 9 heteroatoms. The molecule has 9 nitrogen and oxygen atoms in total. The summed E-state index contributed by atoms with van der Waals surface area (Å²) in [6.07, 6.45) is 15.0. The highest BCUT2D eigenvalue weighted by Gasteiger charge is 2.23. The minimum Gasteiger partial charge on any atom is -0.493 e. The summed E-state index contributed by atoms with van der Waals surface area (Å²) in [7, 11) is 3.14. The van der Waals surface area contributed by atoms with Crippen LogP contribution < -0.4 is 24.3 Å². The number of rotatable bonds is 19. The van der Waals surface area contributed by atoms with Crippen molar-refractivity contribution in [2.24, 2.45) is 0 Å². The molecule has 1 aliphatic rings. The van der Waals surface area contributed by atoms with Crippen molar-refractivity contribution in [3.05, 3.63) is 94.1 Å². The van der Waals surface area contributed by atoms with Gasteiger partial charge in [0, 0.05) is 18.2 Å². The zero-order valence-electron chi connectivity index (χ0n) is 33.0. The number of ether oxygens (including phenoxy) is 4. The second kappa shape index (κ2) is 23.9. The molecule has 2 aromatic carbocycles. The third-order valence-corrected chi connectivity index (χ3v) is 8.76. The van der Waals surface area contributed by atoms with Crippen molar-refractivity contribution >= 4 is 11.9 Å². The Morgan fingerprint density at radius 1 is 0.769 bits per heavy atom. The van der Waals surface area contributed by atoms with Gasteiger partial charge in [0.15, 0.2) is 23.0 Å². The number of hydrogen-bond donors (Lipinski definition) is 2. The van der Waals surface area contributed by atoms with Crippen LogP contribution in [-0.2, 0) is 0 Å². The first kappa shape index (κ1) is 43.7. The van der Waals surface area contributed by atoms with Crippen LogP contribution in [0.25, 0.3) is 0 Å². The summed E-state index contributed by atoms with van der Waals surface area (Å²) in [5, 5.41) is 12.1. The van der Waals surface area contributed by atoms with Gasteiger partial charge in [-0.25, -0.2) is 4.79 Å². The third-order valence-electron chi connectivity index (χ3n) is 8.76. The Labute approximate surface area is 312 Å². The zero-order valence-corrected chi connectivity index (χ0v) is 33.0. The molecule has 0 saturated carbocycles. The average molecular weight is 719 g/mol. The number of hydrogen-bond acceptors (Lipinski definition) is 7. The summed E-state index contributed by atoms with van der Waals surface area (Å²) in [5.41, 5.74) is 5.97. The van der Waals surface area contributed by atoms with Gasteiger partial charge in [-0.2, -0.15) is 0 Å². The number of amides is 1. The summed E-state index contributed by atoms with van der Waals surface area (Å²) in [4.78, 5) is 26.1. The van der Waals surface area contributed by atoms with Crippen molar-refractivity contribution in [1.29, 1.82) is 0 Å². The number of carboxylic acids is 1. The number of carbonyl (C=O) groups excluding carboxylic acids is 1. The fraction of sp³-hybridized carbons (Fsp3) is 0.488. The number of allylic oxidation sites excluding steroid dienone is 6. The highest BCUT2D eigenvalue weighted by atomic mass is 16.5. The van der Waals surface area contributed by atoms with Crippen LogP contribution in [0.1, 0.15) is 108 Å². The van der Waals surface area contributed by atoms with E-state index in [2.05, 4.69) is 76.9 Å². The first-order valence-electron chi connectivity index (χ1n) is 18.3. The zero-order chi connectivity index (χ0) is 38.5. The molecule has 0 aromatic heterocycles. The fourth-order valence-corrected chi connectivity index (χ4v) is 5.64. The molecule has 0 bridgehead atoms. The molecule has 0 spiro atoms. The van der Waals surface area contributed by atoms with Crippen molar-refractivity contribution in [2.75, 3.05) is 47.1 Å². The van der Waals surface area contributed by atoms with Crippen molar-refractivity contribution in [1.82, 2.24) is 10.2 Å². The lowest BCUT2D eigenvalue weighted by Gasteiger charge is -2.23. The first-order chi connectivity index (χ1) is 24.9. The molecule has 1 amide bonds. The maximum absolute atomic E-state index is 12.7. The van der Waals surface area contributed by atoms with Gasteiger partial charge in [0.25, 0.3) is 5.91 Å². The quantitative estimate of drug-likeness (QED) is 0.138. The molecular formula is C43H62N2O7. The van der Waals surface area contributed by atoms with Gasteiger partial charge in [0.1, 0.15) is 13.2 Å². The van der Waals surface area contributed by atoms with Crippen molar-refractivity contribution < 1.29 is 33.6 Å². The normalized spacial score (nSPS) is 14.4. The summed E-state index contributed by atoms with van der Waals surface area (Å²) < 4.78 is 22.2. The minimum absolute atomic E-state index is 0.0705. The standard InChI is InChI=1S/C25H38N2O3.C18H24O4/c1-6-27-15-8-11-22(27)18-26-25(28)21-12-13-23(29-5)24(17-21)30-16-14-20(4)10-7-9-19(2)3;1-13(2)6-5-7-14(3)10-11-22-17-12-15(18(19)20)8-9-16(17)21-4/h9,12-14,17,22H,6-8,10-11,15-16,18H2,1-5H3,(H,26,28);6,8-10,12H,5,7,11H2,1-4H3,(H,19,20)/b20-14+;14-10+. The number of methoxy groups -OCH3 is 2. The molecule has 1 atom stereocenters. The smallest absolute Gasteiger partial charge is 0.335 e. The molecule has 1 aliphatic heterocycles. The van der Waals surface area contributed by atoms with E-state index < -0.39 is 5.97 Å². The molecule has 1 saturated heterocycles. The first-order valence-corrected chi connectivity index (χ1v) is 18.3. The Morgan fingerprint density at radius 2 is 1.27 bits per heavy atom. The topological polar surface area (TPSA) is 107 Å². The second-order valence-corrected chi connectivity index (χ2v) is 13.5. The number of nitrogens with zero attached hydrogens (tertiary/aromatic N) is 1. The minimum atomic E-state index is -0.985.